The highest BCUT2D eigenvalue weighted by Gasteiger charge is 2.23. The zero-order valence-corrected chi connectivity index (χ0v) is 14.8. The lowest BCUT2D eigenvalue weighted by Crippen LogP contribution is -3.13. The van der Waals surface area contributed by atoms with Gasteiger partial charge in [0.2, 0.25) is 5.43 Å². The maximum Gasteiger partial charge on any atom is 0.201 e. The molecule has 4 rings (SSSR count). The number of benzene rings is 2. The van der Waals surface area contributed by atoms with Gasteiger partial charge in [0.25, 0.3) is 0 Å². The molecule has 5 heteroatoms. The van der Waals surface area contributed by atoms with Gasteiger partial charge in [0.15, 0.2) is 0 Å². The molecule has 1 aliphatic heterocycles. The second-order valence-corrected chi connectivity index (χ2v) is 6.95. The summed E-state index contributed by atoms with van der Waals surface area (Å²) in [6.07, 6.45) is 1.59. The molecule has 1 aliphatic rings. The molecule has 1 saturated heterocycles. The Labute approximate surface area is 151 Å². The summed E-state index contributed by atoms with van der Waals surface area (Å²) in [5, 5.41) is 0.645. The van der Waals surface area contributed by atoms with Crippen molar-refractivity contribution in [1.29, 1.82) is 0 Å². The summed E-state index contributed by atoms with van der Waals surface area (Å²) in [7, 11) is 0. The summed E-state index contributed by atoms with van der Waals surface area (Å²) in [4.78, 5) is 16.1. The number of nitrogens with zero attached hydrogens (tertiary/aromatic N) is 1. The van der Waals surface area contributed by atoms with Gasteiger partial charge in [-0.3, -0.25) is 4.79 Å². The maximum absolute atomic E-state index is 13.9. The highest BCUT2D eigenvalue weighted by atomic mass is 19.1. The zero-order valence-electron chi connectivity index (χ0n) is 14.8. The average Bonchev–Trinajstić information content (AvgIpc) is 2.66. The van der Waals surface area contributed by atoms with Crippen molar-refractivity contribution in [1.82, 2.24) is 0 Å². The largest absolute Gasteiger partial charge is 0.464 e. The summed E-state index contributed by atoms with van der Waals surface area (Å²) in [6.45, 7) is 5.87. The van der Waals surface area contributed by atoms with Crippen LogP contribution in [0, 0.1) is 12.7 Å². The molecule has 0 aliphatic carbocycles. The number of rotatable bonds is 3. The lowest BCUT2D eigenvalue weighted by molar-refractivity contribution is -0.914. The standard InChI is InChI=1S/C21H21FN2O2/c1-15-6-7-20-17(12-15)21(25)16(14-26-20)13-23-8-10-24(11-9-23)19-5-3-2-4-18(19)22/h2-7,12,14H,8-11,13H2,1H3/p+1. The predicted molar refractivity (Wildman–Crippen MR) is 100 cm³/mol. The topological polar surface area (TPSA) is 37.9 Å². The third kappa shape index (κ3) is 3.22. The Bertz CT molecular complexity index is 991. The van der Waals surface area contributed by atoms with Crippen LogP contribution < -0.4 is 15.2 Å². The summed E-state index contributed by atoms with van der Waals surface area (Å²) in [6, 6.07) is 12.6. The van der Waals surface area contributed by atoms with Gasteiger partial charge in [-0.05, 0) is 31.2 Å². The van der Waals surface area contributed by atoms with Gasteiger partial charge in [-0.2, -0.15) is 0 Å². The molecule has 0 spiro atoms. The molecule has 2 aromatic carbocycles. The lowest BCUT2D eigenvalue weighted by atomic mass is 10.1. The van der Waals surface area contributed by atoms with Crippen molar-refractivity contribution in [2.75, 3.05) is 31.1 Å². The highest BCUT2D eigenvalue weighted by Crippen LogP contribution is 2.18. The number of hydrogen-bond acceptors (Lipinski definition) is 3. The van der Waals surface area contributed by atoms with E-state index in [2.05, 4.69) is 4.90 Å². The number of quaternary nitrogens is 1. The summed E-state index contributed by atoms with van der Waals surface area (Å²) in [5.41, 5.74) is 3.10. The fourth-order valence-corrected chi connectivity index (χ4v) is 3.63. The maximum atomic E-state index is 13.9. The molecule has 0 unspecified atom stereocenters. The number of aryl methyl sites for hydroxylation is 1. The van der Waals surface area contributed by atoms with Crippen LogP contribution in [0.2, 0.25) is 0 Å². The number of hydrogen-bond donors (Lipinski definition) is 1. The third-order valence-corrected chi connectivity index (χ3v) is 5.10. The molecule has 0 radical (unpaired) electrons. The molecule has 0 amide bonds. The van der Waals surface area contributed by atoms with E-state index in [4.69, 9.17) is 4.42 Å². The van der Waals surface area contributed by atoms with E-state index in [1.54, 1.807) is 12.3 Å². The Balaban J connectivity index is 1.48. The molecular weight excluding hydrogens is 331 g/mol. The van der Waals surface area contributed by atoms with Gasteiger partial charge in [0.1, 0.15) is 24.2 Å². The third-order valence-electron chi connectivity index (χ3n) is 5.10. The SMILES string of the molecule is Cc1ccc2occ(C[NH+]3CCN(c4ccccc4F)CC3)c(=O)c2c1. The van der Waals surface area contributed by atoms with Gasteiger partial charge < -0.3 is 14.2 Å². The van der Waals surface area contributed by atoms with Crippen LogP contribution in [0.5, 0.6) is 0 Å². The van der Waals surface area contributed by atoms with Crippen LogP contribution in [0.1, 0.15) is 11.1 Å². The van der Waals surface area contributed by atoms with E-state index in [0.717, 1.165) is 31.7 Å². The average molecular weight is 353 g/mol. The predicted octanol–water partition coefficient (Wildman–Crippen LogP) is 2.15. The van der Waals surface area contributed by atoms with E-state index >= 15 is 0 Å². The normalized spacial score (nSPS) is 15.5. The molecule has 26 heavy (non-hydrogen) atoms. The number of nitrogens with one attached hydrogen (secondary N) is 1. The molecule has 1 fully saturated rings. The number of piperazine rings is 1. The molecule has 0 atom stereocenters. The second kappa shape index (κ2) is 6.92. The summed E-state index contributed by atoms with van der Waals surface area (Å²) >= 11 is 0. The Kier molecular flexibility index (Phi) is 4.47. The fraction of sp³-hybridized carbons (Fsp3) is 0.286. The Morgan fingerprint density at radius 1 is 1.15 bits per heavy atom. The molecule has 0 bridgehead atoms. The lowest BCUT2D eigenvalue weighted by Gasteiger charge is -2.33. The van der Waals surface area contributed by atoms with Gasteiger partial charge in [-0.15, -0.1) is 0 Å². The Morgan fingerprint density at radius 2 is 1.92 bits per heavy atom. The van der Waals surface area contributed by atoms with E-state index in [0.29, 0.717) is 28.8 Å². The van der Waals surface area contributed by atoms with Gasteiger partial charge >= 0.3 is 0 Å². The van der Waals surface area contributed by atoms with Gasteiger partial charge in [0, 0.05) is 0 Å². The summed E-state index contributed by atoms with van der Waals surface area (Å²) in [5.74, 6) is -0.179. The number of fused-ring (bicyclic) bond motifs is 1. The minimum Gasteiger partial charge on any atom is -0.464 e. The Morgan fingerprint density at radius 3 is 2.69 bits per heavy atom. The van der Waals surface area contributed by atoms with Crippen LogP contribution in [-0.4, -0.2) is 26.2 Å². The van der Waals surface area contributed by atoms with Crippen molar-refractivity contribution < 1.29 is 13.7 Å². The van der Waals surface area contributed by atoms with Gasteiger partial charge in [-0.1, -0.05) is 23.8 Å². The van der Waals surface area contributed by atoms with Crippen molar-refractivity contribution in [3.8, 4) is 0 Å². The molecular formula is C21H22FN2O2+. The highest BCUT2D eigenvalue weighted by molar-refractivity contribution is 5.77. The fourth-order valence-electron chi connectivity index (χ4n) is 3.63. The molecule has 0 saturated carbocycles. The van der Waals surface area contributed by atoms with Crippen molar-refractivity contribution in [3.63, 3.8) is 0 Å². The second-order valence-electron chi connectivity index (χ2n) is 6.95. The van der Waals surface area contributed by atoms with Crippen molar-refractivity contribution >= 4 is 16.7 Å². The number of para-hydroxylation sites is 1. The first-order chi connectivity index (χ1) is 12.6. The molecule has 1 aromatic heterocycles. The van der Waals surface area contributed by atoms with Crippen LogP contribution in [0.4, 0.5) is 10.1 Å². The molecule has 3 aromatic rings. The van der Waals surface area contributed by atoms with E-state index < -0.39 is 0 Å². The van der Waals surface area contributed by atoms with Crippen LogP contribution in [-0.2, 0) is 6.54 Å². The van der Waals surface area contributed by atoms with Crippen LogP contribution in [0.15, 0.2) is 57.9 Å². The molecule has 4 nitrogen and oxygen atoms in total. The van der Waals surface area contributed by atoms with Crippen molar-refractivity contribution in [2.24, 2.45) is 0 Å². The first-order valence-electron chi connectivity index (χ1n) is 8.96. The van der Waals surface area contributed by atoms with E-state index in [1.165, 1.54) is 11.0 Å². The first kappa shape index (κ1) is 16.8. The smallest absolute Gasteiger partial charge is 0.201 e. The van der Waals surface area contributed by atoms with Crippen molar-refractivity contribution in [3.05, 3.63) is 75.9 Å². The van der Waals surface area contributed by atoms with Gasteiger partial charge in [-0.25, -0.2) is 4.39 Å². The van der Waals surface area contributed by atoms with Crippen molar-refractivity contribution in [2.45, 2.75) is 13.5 Å². The minimum atomic E-state index is -0.179. The van der Waals surface area contributed by atoms with Crippen LogP contribution >= 0.6 is 0 Å². The first-order valence-corrected chi connectivity index (χ1v) is 8.96. The molecule has 2 heterocycles. The van der Waals surface area contributed by atoms with Crippen LogP contribution in [0.25, 0.3) is 11.0 Å². The van der Waals surface area contributed by atoms with E-state index in [-0.39, 0.29) is 11.2 Å². The van der Waals surface area contributed by atoms with E-state index in [9.17, 15) is 9.18 Å². The Hall–Kier alpha value is -2.66. The molecule has 1 N–H and O–H groups in total. The number of halogens is 1. The van der Waals surface area contributed by atoms with Gasteiger partial charge in [0.05, 0.1) is 42.8 Å². The monoisotopic (exact) mass is 353 g/mol. The van der Waals surface area contributed by atoms with E-state index in [1.807, 2.05) is 37.3 Å². The summed E-state index contributed by atoms with van der Waals surface area (Å²) < 4.78 is 19.6. The zero-order chi connectivity index (χ0) is 18.1. The quantitative estimate of drug-likeness (QED) is 0.784. The number of anilines is 1. The minimum absolute atomic E-state index is 0.0546. The molecule has 134 valence electrons. The van der Waals surface area contributed by atoms with Crippen LogP contribution in [0.3, 0.4) is 0 Å².